The molecule has 0 amide bonds. The van der Waals surface area contributed by atoms with Gasteiger partial charge in [0.15, 0.2) is 6.79 Å². The van der Waals surface area contributed by atoms with E-state index in [9.17, 15) is 4.39 Å². The molecule has 0 saturated carbocycles. The number of halogens is 3. The van der Waals surface area contributed by atoms with Crippen molar-refractivity contribution in [3.63, 3.8) is 0 Å². The Morgan fingerprint density at radius 2 is 2.00 bits per heavy atom. The van der Waals surface area contributed by atoms with Crippen LogP contribution < -0.4 is 4.74 Å². The summed E-state index contributed by atoms with van der Waals surface area (Å²) in [5.41, 5.74) is 0. The molecule has 0 aliphatic heterocycles. The first-order valence-corrected chi connectivity index (χ1v) is 5.58. The van der Waals surface area contributed by atoms with Gasteiger partial charge >= 0.3 is 0 Å². The van der Waals surface area contributed by atoms with Gasteiger partial charge in [-0.25, -0.2) is 4.39 Å². The van der Waals surface area contributed by atoms with E-state index in [1.54, 1.807) is 0 Å². The van der Waals surface area contributed by atoms with Crippen molar-refractivity contribution in [2.24, 2.45) is 0 Å². The summed E-state index contributed by atoms with van der Waals surface area (Å²) in [5, 5.41) is 0.0225. The molecule has 0 fully saturated rings. The molecular weight excluding hydrogens is 286 g/mol. The Balaban J connectivity index is 0.000000921. The summed E-state index contributed by atoms with van der Waals surface area (Å²) in [4.78, 5) is 0. The van der Waals surface area contributed by atoms with Crippen molar-refractivity contribution in [1.29, 1.82) is 0 Å². The molecule has 0 atom stereocenters. The average Bonchev–Trinajstić information content (AvgIpc) is 2.24. The Kier molecular flexibility index (Phi) is 7.74. The smallest absolute Gasteiger partial charge is 0.188 e. The number of benzene rings is 1. The lowest BCUT2D eigenvalue weighted by Crippen LogP contribution is -1.99. The highest BCUT2D eigenvalue weighted by molar-refractivity contribution is 9.10. The quantitative estimate of drug-likeness (QED) is 0.613. The van der Waals surface area contributed by atoms with Crippen LogP contribution in [0.25, 0.3) is 0 Å². The van der Waals surface area contributed by atoms with Gasteiger partial charge < -0.3 is 9.47 Å². The van der Waals surface area contributed by atoms with Crippen LogP contribution in [0.4, 0.5) is 4.39 Å². The van der Waals surface area contributed by atoms with E-state index < -0.39 is 5.82 Å². The van der Waals surface area contributed by atoms with Crippen LogP contribution in [-0.2, 0) is 4.74 Å². The normalized spacial score (nSPS) is 9.20. The zero-order chi connectivity index (χ0) is 11.8. The minimum atomic E-state index is -0.488. The van der Waals surface area contributed by atoms with Crippen molar-refractivity contribution in [1.82, 2.24) is 0 Å². The van der Waals surface area contributed by atoms with Gasteiger partial charge in [-0.15, -0.1) is 0 Å². The predicted molar refractivity (Wildman–Crippen MR) is 63.0 cm³/mol. The topological polar surface area (TPSA) is 18.5 Å². The Bertz CT molecular complexity index is 308. The lowest BCUT2D eigenvalue weighted by atomic mass is 10.3. The summed E-state index contributed by atoms with van der Waals surface area (Å²) < 4.78 is 23.1. The molecule has 86 valence electrons. The summed E-state index contributed by atoms with van der Waals surface area (Å²) in [6.07, 6.45) is 0. The zero-order valence-corrected chi connectivity index (χ0v) is 11.2. The fourth-order valence-corrected chi connectivity index (χ4v) is 1.32. The molecule has 0 bridgehead atoms. The molecule has 0 unspecified atom stereocenters. The van der Waals surface area contributed by atoms with E-state index in [4.69, 9.17) is 21.1 Å². The van der Waals surface area contributed by atoms with Crippen molar-refractivity contribution < 1.29 is 13.9 Å². The Morgan fingerprint density at radius 1 is 1.40 bits per heavy atom. The molecule has 0 spiro atoms. The van der Waals surface area contributed by atoms with Gasteiger partial charge in [-0.05, 0) is 22.0 Å². The third kappa shape index (κ3) is 4.82. The first-order chi connectivity index (χ1) is 7.15. The number of methoxy groups -OCH3 is 1. The van der Waals surface area contributed by atoms with Gasteiger partial charge in [0, 0.05) is 13.2 Å². The summed E-state index contributed by atoms with van der Waals surface area (Å²) >= 11 is 8.68. The van der Waals surface area contributed by atoms with E-state index in [0.29, 0.717) is 10.2 Å². The molecular formula is C10H13BrClFO2. The van der Waals surface area contributed by atoms with Crippen LogP contribution in [0, 0.1) is 5.82 Å². The van der Waals surface area contributed by atoms with E-state index in [1.165, 1.54) is 19.2 Å². The second-order valence-electron chi connectivity index (χ2n) is 2.25. The molecule has 15 heavy (non-hydrogen) atoms. The fraction of sp³-hybridized carbons (Fsp3) is 0.400. The Hall–Kier alpha value is -0.320. The van der Waals surface area contributed by atoms with Crippen molar-refractivity contribution in [3.8, 4) is 5.75 Å². The first kappa shape index (κ1) is 14.7. The zero-order valence-electron chi connectivity index (χ0n) is 8.81. The SMILES string of the molecule is CC.COCOc1cc(Cl)c(F)cc1Br. The van der Waals surface area contributed by atoms with Crippen LogP contribution in [0.1, 0.15) is 13.8 Å². The van der Waals surface area contributed by atoms with Crippen molar-refractivity contribution >= 4 is 27.5 Å². The maximum absolute atomic E-state index is 12.8. The van der Waals surface area contributed by atoms with Gasteiger partial charge in [0.05, 0.1) is 9.50 Å². The van der Waals surface area contributed by atoms with Crippen LogP contribution in [0.3, 0.4) is 0 Å². The Labute approximate surface area is 102 Å². The highest BCUT2D eigenvalue weighted by atomic mass is 79.9. The second kappa shape index (κ2) is 7.91. The molecule has 0 heterocycles. The minimum absolute atomic E-state index is 0.0225. The van der Waals surface area contributed by atoms with E-state index in [0.717, 1.165) is 0 Å². The lowest BCUT2D eigenvalue weighted by molar-refractivity contribution is 0.0505. The van der Waals surface area contributed by atoms with Gasteiger partial charge in [0.25, 0.3) is 0 Å². The van der Waals surface area contributed by atoms with Crippen molar-refractivity contribution in [2.75, 3.05) is 13.9 Å². The molecule has 2 nitrogen and oxygen atoms in total. The summed E-state index contributed by atoms with van der Waals surface area (Å²) in [5.74, 6) is -0.0356. The highest BCUT2D eigenvalue weighted by Gasteiger charge is 2.07. The molecule has 1 aromatic rings. The van der Waals surface area contributed by atoms with Crippen LogP contribution >= 0.6 is 27.5 Å². The first-order valence-electron chi connectivity index (χ1n) is 4.41. The summed E-state index contributed by atoms with van der Waals surface area (Å²) in [6, 6.07) is 2.63. The summed E-state index contributed by atoms with van der Waals surface area (Å²) in [7, 11) is 1.50. The Morgan fingerprint density at radius 3 is 2.53 bits per heavy atom. The van der Waals surface area contributed by atoms with Gasteiger partial charge in [-0.2, -0.15) is 0 Å². The lowest BCUT2D eigenvalue weighted by Gasteiger charge is -2.07. The van der Waals surface area contributed by atoms with E-state index in [-0.39, 0.29) is 11.8 Å². The minimum Gasteiger partial charge on any atom is -0.466 e. The second-order valence-corrected chi connectivity index (χ2v) is 3.51. The predicted octanol–water partition coefficient (Wildman–Crippen LogP) is 4.25. The largest absolute Gasteiger partial charge is 0.466 e. The summed E-state index contributed by atoms with van der Waals surface area (Å²) in [6.45, 7) is 4.10. The van der Waals surface area contributed by atoms with Crippen LogP contribution in [-0.4, -0.2) is 13.9 Å². The van der Waals surface area contributed by atoms with E-state index in [2.05, 4.69) is 15.9 Å². The van der Waals surface area contributed by atoms with Crippen molar-refractivity contribution in [3.05, 3.63) is 27.4 Å². The van der Waals surface area contributed by atoms with Gasteiger partial charge in [-0.3, -0.25) is 0 Å². The van der Waals surface area contributed by atoms with Crippen LogP contribution in [0.2, 0.25) is 5.02 Å². The fourth-order valence-electron chi connectivity index (χ4n) is 0.737. The maximum Gasteiger partial charge on any atom is 0.188 e. The molecule has 1 aromatic carbocycles. The third-order valence-corrected chi connectivity index (χ3v) is 2.22. The van der Waals surface area contributed by atoms with Gasteiger partial charge in [-0.1, -0.05) is 25.4 Å². The monoisotopic (exact) mass is 298 g/mol. The van der Waals surface area contributed by atoms with Gasteiger partial charge in [0.1, 0.15) is 11.6 Å². The molecule has 0 aromatic heterocycles. The van der Waals surface area contributed by atoms with Crippen LogP contribution in [0.5, 0.6) is 5.75 Å². The van der Waals surface area contributed by atoms with Crippen LogP contribution in [0.15, 0.2) is 16.6 Å². The molecule has 1 rings (SSSR count). The molecule has 0 N–H and O–H groups in total. The van der Waals surface area contributed by atoms with Crippen molar-refractivity contribution in [2.45, 2.75) is 13.8 Å². The number of hydrogen-bond donors (Lipinski definition) is 0. The highest BCUT2D eigenvalue weighted by Crippen LogP contribution is 2.30. The molecule has 0 aliphatic carbocycles. The molecule has 0 radical (unpaired) electrons. The number of hydrogen-bond acceptors (Lipinski definition) is 2. The maximum atomic E-state index is 12.8. The molecule has 0 saturated heterocycles. The van der Waals surface area contributed by atoms with Gasteiger partial charge in [0.2, 0.25) is 0 Å². The third-order valence-electron chi connectivity index (χ3n) is 1.31. The molecule has 5 heteroatoms. The number of ether oxygens (including phenoxy) is 2. The standard InChI is InChI=1S/C8H7BrClFO2.C2H6/c1-12-4-13-8-3-6(10)7(11)2-5(8)9;1-2/h2-3H,4H2,1H3;1-2H3. The van der Waals surface area contributed by atoms with E-state index in [1.807, 2.05) is 13.8 Å². The number of rotatable bonds is 3. The molecule has 0 aliphatic rings. The average molecular weight is 300 g/mol. The van der Waals surface area contributed by atoms with E-state index >= 15 is 0 Å².